The molecule has 20 heavy (non-hydrogen) atoms. The first kappa shape index (κ1) is 14.3. The van der Waals surface area contributed by atoms with Crippen LogP contribution in [0.5, 0.6) is 0 Å². The van der Waals surface area contributed by atoms with Gasteiger partial charge in [0.1, 0.15) is 0 Å². The highest BCUT2D eigenvalue weighted by Crippen LogP contribution is 2.28. The van der Waals surface area contributed by atoms with Gasteiger partial charge in [-0.2, -0.15) is 23.3 Å². The third kappa shape index (κ3) is 3.44. The van der Waals surface area contributed by atoms with Gasteiger partial charge in [0.2, 0.25) is 9.81 Å². The number of carbonyl (C=O) groups excluding carboxylic acids is 1. The van der Waals surface area contributed by atoms with Gasteiger partial charge in [-0.25, -0.2) is 9.48 Å². The average Bonchev–Trinajstić information content (AvgIpc) is 2.72. The van der Waals surface area contributed by atoms with Gasteiger partial charge in [-0.15, -0.1) is 0 Å². The Morgan fingerprint density at radius 3 is 2.55 bits per heavy atom. The Morgan fingerprint density at radius 1 is 1.35 bits per heavy atom. The molecule has 1 heterocycles. The summed E-state index contributed by atoms with van der Waals surface area (Å²) in [5.41, 5.74) is 0.504. The molecule has 0 saturated heterocycles. The lowest BCUT2D eigenvalue weighted by molar-refractivity contribution is -0.138. The van der Waals surface area contributed by atoms with E-state index in [1.165, 1.54) is 7.05 Å². The Morgan fingerprint density at radius 2 is 2.00 bits per heavy atom. The fourth-order valence-corrected chi connectivity index (χ4v) is 2.07. The number of aromatic nitrogens is 2. The maximum Gasteiger partial charge on any atom is 0.445 e. The van der Waals surface area contributed by atoms with Crippen LogP contribution in [0.15, 0.2) is 35.3 Å². The van der Waals surface area contributed by atoms with Gasteiger partial charge in [-0.1, -0.05) is 29.5 Å². The minimum atomic E-state index is -4.55. The maximum atomic E-state index is 12.5. The predicted molar refractivity (Wildman–Crippen MR) is 67.1 cm³/mol. The van der Waals surface area contributed by atoms with Gasteiger partial charge in [0, 0.05) is 12.7 Å². The number of hydrogen-bond donors (Lipinski definition) is 1. The number of benzene rings is 1. The number of carbonyl (C=O) groups is 1. The molecule has 5 nitrogen and oxygen atoms in total. The maximum absolute atomic E-state index is 12.5. The summed E-state index contributed by atoms with van der Waals surface area (Å²) in [6, 6.07) is 7.71. The van der Waals surface area contributed by atoms with Crippen LogP contribution in [0.2, 0.25) is 0 Å². The zero-order valence-electron chi connectivity index (χ0n) is 10.2. The molecule has 0 saturated carbocycles. The van der Waals surface area contributed by atoms with E-state index in [9.17, 15) is 18.0 Å². The quantitative estimate of drug-likeness (QED) is 0.880. The lowest BCUT2D eigenvalue weighted by atomic mass is 10.3. The summed E-state index contributed by atoms with van der Waals surface area (Å²) in [5.74, 6) is 0. The van der Waals surface area contributed by atoms with E-state index in [-0.39, 0.29) is 4.80 Å². The minimum absolute atomic E-state index is 0.134. The first-order chi connectivity index (χ1) is 9.36. The molecule has 0 spiro atoms. The largest absolute Gasteiger partial charge is 0.445 e. The molecule has 2 aromatic rings. The summed E-state index contributed by atoms with van der Waals surface area (Å²) in [5, 5.41) is 4.67. The van der Waals surface area contributed by atoms with Crippen LogP contribution in [-0.2, 0) is 13.2 Å². The van der Waals surface area contributed by atoms with Crippen LogP contribution in [0.4, 0.5) is 23.7 Å². The van der Waals surface area contributed by atoms with E-state index >= 15 is 0 Å². The highest BCUT2D eigenvalue weighted by molar-refractivity contribution is 7.09. The van der Waals surface area contributed by atoms with E-state index in [2.05, 4.69) is 15.4 Å². The van der Waals surface area contributed by atoms with Crippen LogP contribution in [0, 0.1) is 0 Å². The van der Waals surface area contributed by atoms with E-state index in [0.717, 1.165) is 4.68 Å². The van der Waals surface area contributed by atoms with Gasteiger partial charge >= 0.3 is 12.2 Å². The summed E-state index contributed by atoms with van der Waals surface area (Å²) < 4.78 is 38.3. The van der Waals surface area contributed by atoms with Crippen LogP contribution >= 0.6 is 11.3 Å². The average molecular weight is 302 g/mol. The Kier molecular flexibility index (Phi) is 3.89. The van der Waals surface area contributed by atoms with Crippen molar-refractivity contribution in [1.82, 2.24) is 9.78 Å². The fraction of sp³-hybridized carbons (Fsp3) is 0.182. The Balaban J connectivity index is 2.23. The second-order valence-electron chi connectivity index (χ2n) is 3.72. The van der Waals surface area contributed by atoms with Crippen LogP contribution in [0.3, 0.4) is 0 Å². The molecular formula is C11H9F3N4OS. The summed E-state index contributed by atoms with van der Waals surface area (Å²) in [7, 11) is 1.29. The van der Waals surface area contributed by atoms with Crippen molar-refractivity contribution in [2.24, 2.45) is 12.0 Å². The lowest BCUT2D eigenvalue weighted by Gasteiger charge is -1.99. The van der Waals surface area contributed by atoms with E-state index in [0.29, 0.717) is 17.0 Å². The molecule has 2 rings (SSSR count). The van der Waals surface area contributed by atoms with Crippen molar-refractivity contribution in [2.45, 2.75) is 6.18 Å². The van der Waals surface area contributed by atoms with Crippen LogP contribution in [-0.4, -0.2) is 15.8 Å². The van der Waals surface area contributed by atoms with Crippen molar-refractivity contribution in [2.75, 3.05) is 5.32 Å². The Bertz CT molecular complexity index is 675. The minimum Gasteiger partial charge on any atom is -0.306 e. The number of nitrogens with zero attached hydrogens (tertiary/aromatic N) is 3. The molecule has 0 aliphatic rings. The van der Waals surface area contributed by atoms with Gasteiger partial charge in [0.25, 0.3) is 0 Å². The van der Waals surface area contributed by atoms with Crippen LogP contribution in [0.1, 0.15) is 5.01 Å². The van der Waals surface area contributed by atoms with E-state index in [1.54, 1.807) is 30.3 Å². The molecule has 0 radical (unpaired) electrons. The first-order valence-corrected chi connectivity index (χ1v) is 6.20. The van der Waals surface area contributed by atoms with Gasteiger partial charge in [-0.05, 0) is 12.1 Å². The standard InChI is InChI=1S/C11H9F3N4OS/c1-18-10(20-8(17-18)11(12,13)14)16-9(19)15-7-5-3-2-4-6-7/h2-6H,1H3,(H,15,19)/b16-10-. The highest BCUT2D eigenvalue weighted by Gasteiger charge is 2.35. The third-order valence-electron chi connectivity index (χ3n) is 2.17. The monoisotopic (exact) mass is 302 g/mol. The molecule has 106 valence electrons. The Hall–Kier alpha value is -2.16. The number of urea groups is 1. The smallest absolute Gasteiger partial charge is 0.306 e. The third-order valence-corrected chi connectivity index (χ3v) is 3.21. The molecule has 0 aliphatic heterocycles. The number of halogens is 3. The second-order valence-corrected chi connectivity index (χ2v) is 4.68. The fourth-order valence-electron chi connectivity index (χ4n) is 1.32. The highest BCUT2D eigenvalue weighted by atomic mass is 32.1. The van der Waals surface area contributed by atoms with Crippen molar-refractivity contribution >= 4 is 23.1 Å². The number of rotatable bonds is 1. The van der Waals surface area contributed by atoms with Crippen molar-refractivity contribution < 1.29 is 18.0 Å². The predicted octanol–water partition coefficient (Wildman–Crippen LogP) is 2.63. The molecule has 0 aliphatic carbocycles. The molecule has 0 unspecified atom stereocenters. The summed E-state index contributed by atoms with van der Waals surface area (Å²) >= 11 is 0.305. The molecule has 0 atom stereocenters. The molecule has 1 aromatic heterocycles. The van der Waals surface area contributed by atoms with Crippen molar-refractivity contribution in [3.8, 4) is 0 Å². The number of hydrogen-bond acceptors (Lipinski definition) is 3. The first-order valence-electron chi connectivity index (χ1n) is 5.38. The number of amides is 2. The normalized spacial score (nSPS) is 12.5. The van der Waals surface area contributed by atoms with Crippen LogP contribution < -0.4 is 10.1 Å². The van der Waals surface area contributed by atoms with Gasteiger partial charge in [0.15, 0.2) is 0 Å². The molecule has 1 N–H and O–H groups in total. The van der Waals surface area contributed by atoms with Gasteiger partial charge < -0.3 is 5.32 Å². The van der Waals surface area contributed by atoms with E-state index in [4.69, 9.17) is 0 Å². The van der Waals surface area contributed by atoms with Crippen LogP contribution in [0.25, 0.3) is 0 Å². The zero-order valence-corrected chi connectivity index (χ0v) is 11.0. The zero-order chi connectivity index (χ0) is 14.8. The van der Waals surface area contributed by atoms with Crippen molar-refractivity contribution in [1.29, 1.82) is 0 Å². The SMILES string of the molecule is Cn1nc(C(F)(F)F)s/c1=N\C(=O)Nc1ccccc1. The van der Waals surface area contributed by atoms with Gasteiger partial charge in [-0.3, -0.25) is 0 Å². The molecule has 9 heteroatoms. The lowest BCUT2D eigenvalue weighted by Crippen LogP contribution is -2.17. The molecule has 2 amide bonds. The van der Waals surface area contributed by atoms with Crippen molar-refractivity contribution in [3.63, 3.8) is 0 Å². The molecule has 0 fully saturated rings. The number of aryl methyl sites for hydroxylation is 1. The summed E-state index contributed by atoms with van der Waals surface area (Å²) in [6.07, 6.45) is -4.55. The second kappa shape index (κ2) is 5.45. The van der Waals surface area contributed by atoms with E-state index in [1.807, 2.05) is 0 Å². The molecule has 1 aromatic carbocycles. The number of nitrogens with one attached hydrogen (secondary N) is 1. The summed E-state index contributed by atoms with van der Waals surface area (Å²) in [6.45, 7) is 0. The molecule has 0 bridgehead atoms. The van der Waals surface area contributed by atoms with Crippen molar-refractivity contribution in [3.05, 3.63) is 40.1 Å². The summed E-state index contributed by atoms with van der Waals surface area (Å²) in [4.78, 5) is 15.0. The molecular weight excluding hydrogens is 293 g/mol. The number of anilines is 1. The van der Waals surface area contributed by atoms with Gasteiger partial charge in [0.05, 0.1) is 0 Å². The Labute approximate surface area is 115 Å². The number of para-hydroxylation sites is 1. The topological polar surface area (TPSA) is 59.3 Å². The van der Waals surface area contributed by atoms with E-state index < -0.39 is 17.2 Å². The number of alkyl halides is 3.